The minimum absolute atomic E-state index is 0.256. The molecule has 0 saturated carbocycles. The van der Waals surface area contributed by atoms with Crippen LogP contribution in [-0.2, 0) is 6.54 Å². The Morgan fingerprint density at radius 1 is 1.04 bits per heavy atom. The van der Waals surface area contributed by atoms with Gasteiger partial charge in [0.05, 0.1) is 0 Å². The number of halogens is 2. The van der Waals surface area contributed by atoms with E-state index in [-0.39, 0.29) is 11.7 Å². The summed E-state index contributed by atoms with van der Waals surface area (Å²) in [6.45, 7) is 5.69. The molecule has 3 rings (SSSR count). The Bertz CT molecular complexity index is 758. The van der Waals surface area contributed by atoms with Crippen LogP contribution in [0.2, 0.25) is 0 Å². The lowest BCUT2D eigenvalue weighted by molar-refractivity contribution is 0.143. The number of carbonyl (C=O) groups excluding carboxylic acids is 1. The molecule has 0 atom stereocenters. The van der Waals surface area contributed by atoms with Crippen LogP contribution >= 0.6 is 0 Å². The number of hydrogen-bond donors (Lipinski definition) is 1. The van der Waals surface area contributed by atoms with Crippen LogP contribution in [0.25, 0.3) is 0 Å². The molecule has 132 valence electrons. The molecule has 1 aliphatic rings. The Morgan fingerprint density at radius 2 is 1.80 bits per heavy atom. The summed E-state index contributed by atoms with van der Waals surface area (Å²) in [6.07, 6.45) is 0. The summed E-state index contributed by atoms with van der Waals surface area (Å²) in [7, 11) is 0. The first kappa shape index (κ1) is 17.4. The van der Waals surface area contributed by atoms with Crippen molar-refractivity contribution in [3.8, 4) is 0 Å². The summed E-state index contributed by atoms with van der Waals surface area (Å²) in [5.74, 6) is -1.90. The highest BCUT2D eigenvalue weighted by Crippen LogP contribution is 2.15. The Labute approximate surface area is 146 Å². The van der Waals surface area contributed by atoms with E-state index < -0.39 is 11.6 Å². The van der Waals surface area contributed by atoms with Gasteiger partial charge in [-0.05, 0) is 24.6 Å². The lowest BCUT2D eigenvalue weighted by atomic mass is 10.1. The van der Waals surface area contributed by atoms with Crippen molar-refractivity contribution >= 4 is 11.7 Å². The maximum Gasteiger partial charge on any atom is 0.321 e. The van der Waals surface area contributed by atoms with E-state index in [0.29, 0.717) is 13.1 Å². The maximum absolute atomic E-state index is 13.2. The SMILES string of the molecule is Cc1cccc(CN2CCN(C(=O)Nc3ccc(F)c(F)c3)CC2)c1. The van der Waals surface area contributed by atoms with Crippen molar-refractivity contribution in [1.82, 2.24) is 9.80 Å². The van der Waals surface area contributed by atoms with Gasteiger partial charge in [-0.3, -0.25) is 4.90 Å². The van der Waals surface area contributed by atoms with E-state index in [2.05, 4.69) is 41.4 Å². The van der Waals surface area contributed by atoms with Crippen molar-refractivity contribution in [2.24, 2.45) is 0 Å². The lowest BCUT2D eigenvalue weighted by Crippen LogP contribution is -2.49. The van der Waals surface area contributed by atoms with Gasteiger partial charge in [-0.2, -0.15) is 0 Å². The van der Waals surface area contributed by atoms with Crippen LogP contribution in [0.5, 0.6) is 0 Å². The number of urea groups is 1. The quantitative estimate of drug-likeness (QED) is 0.922. The molecule has 0 bridgehead atoms. The predicted octanol–water partition coefficient (Wildman–Crippen LogP) is 3.62. The molecule has 0 spiro atoms. The molecule has 0 aliphatic carbocycles. The van der Waals surface area contributed by atoms with Crippen LogP contribution in [0.3, 0.4) is 0 Å². The van der Waals surface area contributed by atoms with Gasteiger partial charge in [-0.1, -0.05) is 29.8 Å². The summed E-state index contributed by atoms with van der Waals surface area (Å²) in [5.41, 5.74) is 2.76. The molecule has 1 fully saturated rings. The van der Waals surface area contributed by atoms with Crippen molar-refractivity contribution in [3.63, 3.8) is 0 Å². The molecule has 0 unspecified atom stereocenters. The molecule has 4 nitrogen and oxygen atoms in total. The van der Waals surface area contributed by atoms with Crippen LogP contribution in [0.1, 0.15) is 11.1 Å². The number of carbonyl (C=O) groups is 1. The molecule has 0 aromatic heterocycles. The van der Waals surface area contributed by atoms with Gasteiger partial charge in [0.1, 0.15) is 0 Å². The molecule has 2 amide bonds. The molecule has 0 radical (unpaired) electrons. The van der Waals surface area contributed by atoms with Crippen LogP contribution < -0.4 is 5.32 Å². The maximum atomic E-state index is 13.2. The topological polar surface area (TPSA) is 35.6 Å². The third-order valence-electron chi connectivity index (χ3n) is 4.32. The number of nitrogens with one attached hydrogen (secondary N) is 1. The highest BCUT2D eigenvalue weighted by Gasteiger charge is 2.21. The third-order valence-corrected chi connectivity index (χ3v) is 4.32. The fourth-order valence-corrected chi connectivity index (χ4v) is 2.95. The van der Waals surface area contributed by atoms with Gasteiger partial charge in [-0.25, -0.2) is 13.6 Å². The average molecular weight is 345 g/mol. The van der Waals surface area contributed by atoms with Crippen LogP contribution in [0.4, 0.5) is 19.3 Å². The highest BCUT2D eigenvalue weighted by atomic mass is 19.2. The first-order chi connectivity index (χ1) is 12.0. The number of aryl methyl sites for hydroxylation is 1. The lowest BCUT2D eigenvalue weighted by Gasteiger charge is -2.34. The standard InChI is InChI=1S/C19H21F2N3O/c1-14-3-2-4-15(11-14)13-23-7-9-24(10-8-23)19(25)22-16-5-6-17(20)18(21)12-16/h2-6,11-12H,7-10,13H2,1H3,(H,22,25). The van der Waals surface area contributed by atoms with E-state index in [1.807, 2.05) is 0 Å². The first-order valence-electron chi connectivity index (χ1n) is 8.30. The smallest absolute Gasteiger partial charge is 0.321 e. The fraction of sp³-hybridized carbons (Fsp3) is 0.316. The van der Waals surface area contributed by atoms with E-state index in [1.165, 1.54) is 17.2 Å². The van der Waals surface area contributed by atoms with Gasteiger partial charge in [0.25, 0.3) is 0 Å². The molecule has 1 saturated heterocycles. The van der Waals surface area contributed by atoms with E-state index >= 15 is 0 Å². The zero-order chi connectivity index (χ0) is 17.8. The van der Waals surface area contributed by atoms with Gasteiger partial charge >= 0.3 is 6.03 Å². The van der Waals surface area contributed by atoms with Crippen molar-refractivity contribution < 1.29 is 13.6 Å². The molecular weight excluding hydrogens is 324 g/mol. The second-order valence-electron chi connectivity index (χ2n) is 6.31. The van der Waals surface area contributed by atoms with Crippen LogP contribution in [-0.4, -0.2) is 42.0 Å². The molecule has 1 heterocycles. The number of amides is 2. The van der Waals surface area contributed by atoms with Gasteiger partial charge in [0, 0.05) is 44.5 Å². The number of nitrogens with zero attached hydrogens (tertiary/aromatic N) is 2. The van der Waals surface area contributed by atoms with Crippen molar-refractivity contribution in [2.75, 3.05) is 31.5 Å². The second kappa shape index (κ2) is 7.61. The Kier molecular flexibility index (Phi) is 5.28. The Hall–Kier alpha value is -2.47. The number of rotatable bonds is 3. The zero-order valence-corrected chi connectivity index (χ0v) is 14.1. The highest BCUT2D eigenvalue weighted by molar-refractivity contribution is 5.89. The molecule has 2 aromatic carbocycles. The summed E-state index contributed by atoms with van der Waals surface area (Å²) in [5, 5.41) is 2.61. The van der Waals surface area contributed by atoms with E-state index in [4.69, 9.17) is 0 Å². The molecule has 2 aromatic rings. The molecule has 1 aliphatic heterocycles. The van der Waals surface area contributed by atoms with Gasteiger partial charge < -0.3 is 10.2 Å². The molecular formula is C19H21F2N3O. The molecule has 1 N–H and O–H groups in total. The normalized spacial score (nSPS) is 15.2. The van der Waals surface area contributed by atoms with Crippen molar-refractivity contribution in [3.05, 3.63) is 65.2 Å². The number of hydrogen-bond acceptors (Lipinski definition) is 2. The summed E-state index contributed by atoms with van der Waals surface area (Å²) >= 11 is 0. The van der Waals surface area contributed by atoms with E-state index in [9.17, 15) is 13.6 Å². The molecule has 6 heteroatoms. The predicted molar refractivity (Wildman–Crippen MR) is 93.4 cm³/mol. The minimum atomic E-state index is -0.972. The van der Waals surface area contributed by atoms with Gasteiger partial charge in [-0.15, -0.1) is 0 Å². The summed E-state index contributed by atoms with van der Waals surface area (Å²) in [6, 6.07) is 11.5. The van der Waals surface area contributed by atoms with E-state index in [1.54, 1.807) is 4.90 Å². The van der Waals surface area contributed by atoms with E-state index in [0.717, 1.165) is 31.8 Å². The number of benzene rings is 2. The third kappa shape index (κ3) is 4.54. The van der Waals surface area contributed by atoms with Crippen molar-refractivity contribution in [1.29, 1.82) is 0 Å². The average Bonchev–Trinajstić information content (AvgIpc) is 2.59. The second-order valence-corrected chi connectivity index (χ2v) is 6.31. The zero-order valence-electron chi connectivity index (χ0n) is 14.1. The number of piperazine rings is 1. The number of anilines is 1. The fourth-order valence-electron chi connectivity index (χ4n) is 2.95. The van der Waals surface area contributed by atoms with Gasteiger partial charge in [0.15, 0.2) is 11.6 Å². The summed E-state index contributed by atoms with van der Waals surface area (Å²) in [4.78, 5) is 16.2. The van der Waals surface area contributed by atoms with Gasteiger partial charge in [0.2, 0.25) is 0 Å². The molecule has 25 heavy (non-hydrogen) atoms. The minimum Gasteiger partial charge on any atom is -0.322 e. The van der Waals surface area contributed by atoms with Crippen LogP contribution in [0.15, 0.2) is 42.5 Å². The Balaban J connectivity index is 1.51. The van der Waals surface area contributed by atoms with Crippen LogP contribution in [0, 0.1) is 18.6 Å². The van der Waals surface area contributed by atoms with Crippen molar-refractivity contribution in [2.45, 2.75) is 13.5 Å². The summed E-state index contributed by atoms with van der Waals surface area (Å²) < 4.78 is 26.1. The Morgan fingerprint density at radius 3 is 2.48 bits per heavy atom. The largest absolute Gasteiger partial charge is 0.322 e. The monoisotopic (exact) mass is 345 g/mol. The first-order valence-corrected chi connectivity index (χ1v) is 8.30.